The van der Waals surface area contributed by atoms with E-state index in [0.29, 0.717) is 19.7 Å². The predicted molar refractivity (Wildman–Crippen MR) is 92.5 cm³/mol. The van der Waals surface area contributed by atoms with E-state index in [2.05, 4.69) is 5.10 Å². The molecule has 0 atom stereocenters. The lowest BCUT2D eigenvalue weighted by molar-refractivity contribution is -0.114. The zero-order chi connectivity index (χ0) is 16.8. The van der Waals surface area contributed by atoms with Crippen LogP contribution in [0.4, 0.5) is 5.69 Å². The van der Waals surface area contributed by atoms with E-state index in [4.69, 9.17) is 0 Å². The highest BCUT2D eigenvalue weighted by atomic mass is 32.2. The van der Waals surface area contributed by atoms with Gasteiger partial charge < -0.3 is 15.3 Å². The molecule has 6 nitrogen and oxygen atoms in total. The fourth-order valence-corrected chi connectivity index (χ4v) is 4.95. The molecule has 3 N–H and O–H groups in total. The summed E-state index contributed by atoms with van der Waals surface area (Å²) in [6.45, 7) is 0. The van der Waals surface area contributed by atoms with E-state index in [-0.39, 0.29) is 23.0 Å². The number of aliphatic hydroxyl groups excluding tert-OH is 1. The molecule has 0 saturated carbocycles. The molecule has 1 amide bonds. The number of carbonyl (C=O) groups is 1. The van der Waals surface area contributed by atoms with E-state index in [1.807, 2.05) is 6.07 Å². The third kappa shape index (κ3) is 2.22. The molecule has 0 aliphatic carbocycles. The first kappa shape index (κ1) is 15.0. The quantitative estimate of drug-likeness (QED) is 0.534. The third-order valence-corrected chi connectivity index (χ3v) is 6.13. The Hall–Kier alpha value is -2.58. The molecule has 2 aromatic carbocycles. The molecule has 2 aromatic rings. The monoisotopic (exact) mass is 358 g/mol. The largest absolute Gasteiger partial charge is 0.507 e. The number of phenols is 2. The number of benzene rings is 2. The highest BCUT2D eigenvalue weighted by Gasteiger charge is 2.38. The van der Waals surface area contributed by atoms with Crippen molar-refractivity contribution in [1.82, 2.24) is 0 Å². The van der Waals surface area contributed by atoms with Crippen molar-refractivity contribution in [1.29, 1.82) is 0 Å². The van der Waals surface area contributed by atoms with Gasteiger partial charge in [-0.2, -0.15) is 5.01 Å². The normalized spacial score (nSPS) is 16.6. The number of hydrogen-bond acceptors (Lipinski definition) is 6. The van der Waals surface area contributed by atoms with Crippen molar-refractivity contribution in [2.24, 2.45) is 5.10 Å². The number of phenolic OH excluding ortho intramolecular Hbond substituents is 2. The van der Waals surface area contributed by atoms with E-state index in [1.165, 1.54) is 12.1 Å². The molecule has 0 fully saturated rings. The number of hydrogen-bond donors (Lipinski definition) is 3. The average molecular weight is 358 g/mol. The van der Waals surface area contributed by atoms with Gasteiger partial charge in [0, 0.05) is 0 Å². The van der Waals surface area contributed by atoms with Crippen LogP contribution in [0.5, 0.6) is 11.5 Å². The van der Waals surface area contributed by atoms with Crippen LogP contribution in [-0.2, 0) is 4.79 Å². The zero-order valence-corrected chi connectivity index (χ0v) is 13.6. The summed E-state index contributed by atoms with van der Waals surface area (Å²) in [5.41, 5.74) is 0.602. The van der Waals surface area contributed by atoms with Gasteiger partial charge in [-0.3, -0.25) is 4.79 Å². The summed E-state index contributed by atoms with van der Waals surface area (Å²) in [7, 11) is 0. The number of thioether (sulfide) groups is 2. The molecule has 0 spiro atoms. The van der Waals surface area contributed by atoms with Gasteiger partial charge in [-0.15, -0.1) is 5.10 Å². The first-order valence-electron chi connectivity index (χ1n) is 6.88. The van der Waals surface area contributed by atoms with Gasteiger partial charge in [0.25, 0.3) is 5.91 Å². The van der Waals surface area contributed by atoms with E-state index < -0.39 is 5.91 Å². The van der Waals surface area contributed by atoms with Gasteiger partial charge in [-0.1, -0.05) is 41.7 Å². The van der Waals surface area contributed by atoms with E-state index in [0.717, 1.165) is 28.5 Å². The lowest BCUT2D eigenvalue weighted by Gasteiger charge is -2.10. The number of aliphatic hydroxyl groups is 1. The topological polar surface area (TPSA) is 93.4 Å². The second-order valence-corrected chi connectivity index (χ2v) is 7.30. The predicted octanol–water partition coefficient (Wildman–Crippen LogP) is 3.43. The van der Waals surface area contributed by atoms with Gasteiger partial charge in [0.15, 0.2) is 0 Å². The third-order valence-electron chi connectivity index (χ3n) is 3.49. The molecule has 4 rings (SSSR count). The first-order chi connectivity index (χ1) is 11.6. The van der Waals surface area contributed by atoms with E-state index in [9.17, 15) is 20.1 Å². The Morgan fingerprint density at radius 2 is 1.46 bits per heavy atom. The van der Waals surface area contributed by atoms with Crippen molar-refractivity contribution in [2.75, 3.05) is 5.01 Å². The highest BCUT2D eigenvalue weighted by Crippen LogP contribution is 2.58. The maximum Gasteiger partial charge on any atom is 0.286 e. The van der Waals surface area contributed by atoms with Crippen LogP contribution >= 0.6 is 23.5 Å². The lowest BCUT2D eigenvalue weighted by atomic mass is 10.2. The smallest absolute Gasteiger partial charge is 0.286 e. The number of fused-ring (bicyclic) bond motifs is 1. The Balaban J connectivity index is 1.75. The number of hydrazone groups is 1. The van der Waals surface area contributed by atoms with Gasteiger partial charge in [0.05, 0.1) is 19.7 Å². The van der Waals surface area contributed by atoms with Crippen molar-refractivity contribution in [3.8, 4) is 11.5 Å². The first-order valence-corrected chi connectivity index (χ1v) is 8.52. The van der Waals surface area contributed by atoms with Crippen LogP contribution < -0.4 is 5.01 Å². The summed E-state index contributed by atoms with van der Waals surface area (Å²) < 4.78 is 0.464. The van der Waals surface area contributed by atoms with Crippen LogP contribution in [-0.4, -0.2) is 27.1 Å². The Morgan fingerprint density at radius 3 is 2.04 bits per heavy atom. The standard InChI is InChI=1S/C16H10N2O4S2/c19-9-6-7-10(20)13-12(9)23-16(24-13)11-14(21)17-18(15(11)22)8-4-2-1-3-5-8/h1-7,19-20H,(H,17,21). The summed E-state index contributed by atoms with van der Waals surface area (Å²) in [4.78, 5) is 13.6. The minimum absolute atomic E-state index is 0.0117. The molecular formula is C16H10N2O4S2. The van der Waals surface area contributed by atoms with Gasteiger partial charge in [-0.25, -0.2) is 0 Å². The Labute approximate surface area is 145 Å². The van der Waals surface area contributed by atoms with Crippen molar-refractivity contribution in [3.05, 3.63) is 52.3 Å². The van der Waals surface area contributed by atoms with Gasteiger partial charge in [0.1, 0.15) is 17.1 Å². The second kappa shape index (κ2) is 5.50. The fraction of sp³-hybridized carbons (Fsp3) is 0. The molecule has 0 aromatic heterocycles. The fourth-order valence-electron chi connectivity index (χ4n) is 2.36. The second-order valence-electron chi connectivity index (χ2n) is 5.00. The maximum atomic E-state index is 12.7. The molecule has 2 aliphatic heterocycles. The lowest BCUT2D eigenvalue weighted by Crippen LogP contribution is -2.21. The number of aromatic hydroxyl groups is 2. The van der Waals surface area contributed by atoms with Crippen LogP contribution in [0.2, 0.25) is 0 Å². The zero-order valence-electron chi connectivity index (χ0n) is 12.0. The summed E-state index contributed by atoms with van der Waals surface area (Å²) in [5, 5.41) is 35.0. The van der Waals surface area contributed by atoms with Crippen molar-refractivity contribution in [2.45, 2.75) is 9.79 Å². The summed E-state index contributed by atoms with van der Waals surface area (Å²) in [6, 6.07) is 11.5. The van der Waals surface area contributed by atoms with Crippen LogP contribution in [0, 0.1) is 0 Å². The molecule has 0 radical (unpaired) electrons. The van der Waals surface area contributed by atoms with Gasteiger partial charge >= 0.3 is 0 Å². The number of para-hydroxylation sites is 1. The molecule has 0 unspecified atom stereocenters. The van der Waals surface area contributed by atoms with Gasteiger partial charge in [0.2, 0.25) is 5.90 Å². The summed E-state index contributed by atoms with van der Waals surface area (Å²) in [5.74, 6) is -0.818. The number of anilines is 1. The average Bonchev–Trinajstić information content (AvgIpc) is 3.14. The molecule has 120 valence electrons. The minimum Gasteiger partial charge on any atom is -0.507 e. The van der Waals surface area contributed by atoms with Crippen LogP contribution in [0.25, 0.3) is 0 Å². The number of amides is 1. The highest BCUT2D eigenvalue weighted by molar-refractivity contribution is 8.25. The SMILES string of the molecule is O=C1C(=C2Sc3c(O)ccc(O)c3S2)C(O)=NN1c1ccccc1. The molecular weight excluding hydrogens is 348 g/mol. The van der Waals surface area contributed by atoms with Crippen LogP contribution in [0.3, 0.4) is 0 Å². The number of carbonyl (C=O) groups excluding carboxylic acids is 1. The van der Waals surface area contributed by atoms with E-state index in [1.54, 1.807) is 24.3 Å². The van der Waals surface area contributed by atoms with Crippen molar-refractivity contribution >= 4 is 41.0 Å². The molecule has 2 aliphatic rings. The maximum absolute atomic E-state index is 12.7. The number of nitrogens with zero attached hydrogens (tertiary/aromatic N) is 2. The summed E-state index contributed by atoms with van der Waals surface area (Å²) >= 11 is 2.25. The van der Waals surface area contributed by atoms with Crippen molar-refractivity contribution in [3.63, 3.8) is 0 Å². The van der Waals surface area contributed by atoms with E-state index >= 15 is 0 Å². The van der Waals surface area contributed by atoms with Crippen LogP contribution in [0.1, 0.15) is 0 Å². The van der Waals surface area contributed by atoms with Crippen LogP contribution in [0.15, 0.2) is 67.2 Å². The molecule has 0 bridgehead atoms. The molecule has 8 heteroatoms. The number of rotatable bonds is 1. The van der Waals surface area contributed by atoms with Crippen molar-refractivity contribution < 1.29 is 20.1 Å². The summed E-state index contributed by atoms with van der Waals surface area (Å²) in [6.07, 6.45) is 0. The Bertz CT molecular complexity index is 892. The minimum atomic E-state index is -0.458. The molecule has 0 saturated heterocycles. The van der Waals surface area contributed by atoms with Gasteiger partial charge in [-0.05, 0) is 24.3 Å². The Kier molecular flexibility index (Phi) is 3.43. The Morgan fingerprint density at radius 1 is 0.875 bits per heavy atom. The molecule has 2 heterocycles. The molecule has 24 heavy (non-hydrogen) atoms.